The quantitative estimate of drug-likeness (QED) is 0.821. The lowest BCUT2D eigenvalue weighted by Gasteiger charge is -2.20. The van der Waals surface area contributed by atoms with E-state index < -0.39 is 5.82 Å². The van der Waals surface area contributed by atoms with E-state index in [1.165, 1.54) is 25.0 Å². The van der Waals surface area contributed by atoms with E-state index in [0.29, 0.717) is 17.5 Å². The molecule has 2 fully saturated rings. The largest absolute Gasteiger partial charge is 0.384 e. The number of nitrogens with one attached hydrogen (secondary N) is 1. The number of halogens is 1. The molecule has 0 aliphatic heterocycles. The first-order chi connectivity index (χ1) is 10.2. The zero-order chi connectivity index (χ0) is 14.8. The van der Waals surface area contributed by atoms with Crippen LogP contribution in [-0.2, 0) is 4.79 Å². The highest BCUT2D eigenvalue weighted by Gasteiger charge is 2.42. The van der Waals surface area contributed by atoms with Crippen molar-refractivity contribution in [2.75, 3.05) is 11.9 Å². The van der Waals surface area contributed by atoms with Crippen molar-refractivity contribution in [2.45, 2.75) is 25.7 Å². The van der Waals surface area contributed by atoms with Crippen LogP contribution in [0.15, 0.2) is 18.2 Å². The highest BCUT2D eigenvalue weighted by molar-refractivity contribution is 5.93. The molecule has 2 saturated carbocycles. The summed E-state index contributed by atoms with van der Waals surface area (Å²) < 4.78 is 13.6. The molecule has 2 aliphatic rings. The molecule has 0 spiro atoms. The van der Waals surface area contributed by atoms with Gasteiger partial charge >= 0.3 is 0 Å². The van der Waals surface area contributed by atoms with Gasteiger partial charge in [0.1, 0.15) is 12.4 Å². The van der Waals surface area contributed by atoms with Gasteiger partial charge in [-0.05, 0) is 49.3 Å². The number of benzene rings is 1. The second kappa shape index (κ2) is 5.87. The smallest absolute Gasteiger partial charge is 0.227 e. The monoisotopic (exact) mass is 287 g/mol. The zero-order valence-corrected chi connectivity index (χ0v) is 11.7. The molecule has 2 bridgehead atoms. The fourth-order valence-electron chi connectivity index (χ4n) is 3.63. The fourth-order valence-corrected chi connectivity index (χ4v) is 3.63. The molecule has 2 aliphatic carbocycles. The molecule has 3 unspecified atom stereocenters. The van der Waals surface area contributed by atoms with E-state index in [-0.39, 0.29) is 24.0 Å². The fraction of sp³-hybridized carbons (Fsp3) is 0.471. The summed E-state index contributed by atoms with van der Waals surface area (Å²) in [7, 11) is 0. The molecule has 0 heterocycles. The molecule has 3 atom stereocenters. The minimum Gasteiger partial charge on any atom is -0.384 e. The van der Waals surface area contributed by atoms with Gasteiger partial charge < -0.3 is 10.4 Å². The van der Waals surface area contributed by atoms with Crippen LogP contribution in [0.5, 0.6) is 0 Å². The molecule has 3 nitrogen and oxygen atoms in total. The number of aliphatic hydroxyl groups excluding tert-OH is 1. The molecule has 0 aromatic heterocycles. The van der Waals surface area contributed by atoms with Crippen LogP contribution >= 0.6 is 0 Å². The van der Waals surface area contributed by atoms with Gasteiger partial charge in [0.2, 0.25) is 5.91 Å². The van der Waals surface area contributed by atoms with Gasteiger partial charge in [0.05, 0.1) is 5.56 Å². The van der Waals surface area contributed by atoms with E-state index in [4.69, 9.17) is 5.11 Å². The molecule has 1 aromatic carbocycles. The minimum absolute atomic E-state index is 0.0369. The number of amides is 1. The third kappa shape index (κ3) is 2.93. The van der Waals surface area contributed by atoms with Gasteiger partial charge in [-0.1, -0.05) is 18.3 Å². The molecule has 0 saturated heterocycles. The van der Waals surface area contributed by atoms with Gasteiger partial charge in [0.15, 0.2) is 0 Å². The van der Waals surface area contributed by atoms with Crippen LogP contribution in [0.25, 0.3) is 0 Å². The van der Waals surface area contributed by atoms with Crippen LogP contribution in [0.3, 0.4) is 0 Å². The maximum Gasteiger partial charge on any atom is 0.227 e. The van der Waals surface area contributed by atoms with E-state index in [9.17, 15) is 9.18 Å². The summed E-state index contributed by atoms with van der Waals surface area (Å²) in [5, 5.41) is 11.5. The predicted octanol–water partition coefficient (Wildman–Crippen LogP) is 2.54. The van der Waals surface area contributed by atoms with Crippen LogP contribution < -0.4 is 5.32 Å². The van der Waals surface area contributed by atoms with Crippen molar-refractivity contribution >= 4 is 11.6 Å². The van der Waals surface area contributed by atoms with Gasteiger partial charge in [-0.3, -0.25) is 4.79 Å². The Hall–Kier alpha value is -1.86. The third-order valence-electron chi connectivity index (χ3n) is 4.61. The molecule has 0 radical (unpaired) electrons. The van der Waals surface area contributed by atoms with E-state index in [1.54, 1.807) is 6.07 Å². The molecule has 2 N–H and O–H groups in total. The molecule has 1 amide bonds. The van der Waals surface area contributed by atoms with Crippen molar-refractivity contribution in [3.8, 4) is 11.8 Å². The first-order valence-electron chi connectivity index (χ1n) is 7.37. The Labute approximate surface area is 123 Å². The summed E-state index contributed by atoms with van der Waals surface area (Å²) >= 11 is 0. The van der Waals surface area contributed by atoms with Crippen LogP contribution in [0.1, 0.15) is 31.2 Å². The van der Waals surface area contributed by atoms with Crippen LogP contribution in [0.2, 0.25) is 0 Å². The molecule has 1 aromatic rings. The number of anilines is 1. The molecular formula is C17H18FNO2. The van der Waals surface area contributed by atoms with Crippen molar-refractivity contribution in [1.82, 2.24) is 0 Å². The van der Waals surface area contributed by atoms with Crippen molar-refractivity contribution < 1.29 is 14.3 Å². The highest BCUT2D eigenvalue weighted by atomic mass is 19.1. The first-order valence-corrected chi connectivity index (χ1v) is 7.37. The summed E-state index contributed by atoms with van der Waals surface area (Å²) in [5.41, 5.74) is 0.751. The Kier molecular flexibility index (Phi) is 3.94. The average Bonchev–Trinajstić information content (AvgIpc) is 3.10. The first kappa shape index (κ1) is 14.1. The Morgan fingerprint density at radius 1 is 1.38 bits per heavy atom. The van der Waals surface area contributed by atoms with Gasteiger partial charge in [0, 0.05) is 11.6 Å². The lowest BCUT2D eigenvalue weighted by atomic mass is 9.88. The van der Waals surface area contributed by atoms with Gasteiger partial charge in [-0.15, -0.1) is 0 Å². The Morgan fingerprint density at radius 2 is 2.24 bits per heavy atom. The second-order valence-corrected chi connectivity index (χ2v) is 5.93. The molecular weight excluding hydrogens is 269 g/mol. The molecule has 21 heavy (non-hydrogen) atoms. The highest BCUT2D eigenvalue weighted by Crippen LogP contribution is 2.48. The van der Waals surface area contributed by atoms with Crippen molar-refractivity contribution in [3.63, 3.8) is 0 Å². The number of carbonyl (C=O) groups is 1. The summed E-state index contributed by atoms with van der Waals surface area (Å²) in [6.45, 7) is -0.318. The normalized spacial score (nSPS) is 26.3. The predicted molar refractivity (Wildman–Crippen MR) is 77.9 cm³/mol. The number of rotatable bonds is 2. The van der Waals surface area contributed by atoms with E-state index in [2.05, 4.69) is 17.2 Å². The second-order valence-electron chi connectivity index (χ2n) is 5.93. The van der Waals surface area contributed by atoms with Crippen molar-refractivity contribution in [2.24, 2.45) is 17.8 Å². The van der Waals surface area contributed by atoms with Crippen LogP contribution in [0, 0.1) is 35.4 Å². The van der Waals surface area contributed by atoms with Gasteiger partial charge in [-0.2, -0.15) is 0 Å². The van der Waals surface area contributed by atoms with E-state index >= 15 is 0 Å². The lowest BCUT2D eigenvalue weighted by Crippen LogP contribution is -2.27. The Bertz CT molecular complexity index is 617. The zero-order valence-electron chi connectivity index (χ0n) is 11.7. The third-order valence-corrected chi connectivity index (χ3v) is 4.61. The molecule has 3 rings (SSSR count). The Morgan fingerprint density at radius 3 is 2.90 bits per heavy atom. The number of fused-ring (bicyclic) bond motifs is 2. The van der Waals surface area contributed by atoms with Crippen molar-refractivity contribution in [3.05, 3.63) is 29.6 Å². The van der Waals surface area contributed by atoms with Crippen LogP contribution in [0.4, 0.5) is 10.1 Å². The van der Waals surface area contributed by atoms with Crippen LogP contribution in [-0.4, -0.2) is 17.6 Å². The molecule has 4 heteroatoms. The molecule has 110 valence electrons. The average molecular weight is 287 g/mol. The van der Waals surface area contributed by atoms with Crippen molar-refractivity contribution in [1.29, 1.82) is 0 Å². The summed E-state index contributed by atoms with van der Waals surface area (Å²) in [4.78, 5) is 12.3. The van der Waals surface area contributed by atoms with Gasteiger partial charge in [-0.25, -0.2) is 4.39 Å². The Balaban J connectivity index is 1.71. The minimum atomic E-state index is -0.450. The lowest BCUT2D eigenvalue weighted by molar-refractivity contribution is -0.121. The number of carbonyl (C=O) groups excluding carboxylic acids is 1. The maximum atomic E-state index is 13.6. The summed E-state index contributed by atoms with van der Waals surface area (Å²) in [5.74, 6) is 5.88. The van der Waals surface area contributed by atoms with E-state index in [0.717, 1.165) is 12.8 Å². The van der Waals surface area contributed by atoms with Gasteiger partial charge in [0.25, 0.3) is 0 Å². The summed E-state index contributed by atoms with van der Waals surface area (Å²) in [6.07, 6.45) is 4.56. The SMILES string of the molecule is O=C(Nc1ccc(F)c(C#CCO)c1)C1CC2CCC1C2. The topological polar surface area (TPSA) is 49.3 Å². The standard InChI is InChI=1S/C17H18FNO2/c18-16-6-5-14(10-13(16)2-1-7-20)19-17(21)15-9-11-3-4-12(15)8-11/h5-6,10-12,15,20H,3-4,7-9H2,(H,19,21). The number of aliphatic hydroxyl groups is 1. The van der Waals surface area contributed by atoms with E-state index in [1.807, 2.05) is 0 Å². The number of hydrogen-bond acceptors (Lipinski definition) is 2. The number of hydrogen-bond donors (Lipinski definition) is 2. The maximum absolute atomic E-state index is 13.6. The summed E-state index contributed by atoms with van der Waals surface area (Å²) in [6, 6.07) is 4.35.